The summed E-state index contributed by atoms with van der Waals surface area (Å²) in [5.41, 5.74) is 5.45. The number of nitrogens with one attached hydrogen (secondary N) is 1. The Morgan fingerprint density at radius 2 is 2.10 bits per heavy atom. The standard InChI is InChI=1S/C15H24N4O2/c1-14(2)9-19(15(14,3)4)13(17-5)18-8-10-6-7-11(21-10)12(16)20/h6-7H,8-9H2,1-5H3,(H2,16,20)(H,17,18). The predicted octanol–water partition coefficient (Wildman–Crippen LogP) is 1.57. The molecule has 1 fully saturated rings. The zero-order valence-electron chi connectivity index (χ0n) is 13.4. The van der Waals surface area contributed by atoms with Crippen molar-refractivity contribution in [2.45, 2.75) is 39.8 Å². The molecule has 21 heavy (non-hydrogen) atoms. The Kier molecular flexibility index (Phi) is 3.74. The number of primary amides is 1. The SMILES string of the molecule is CN=C(NCc1ccc(C(N)=O)o1)N1CC(C)(C)C1(C)C. The smallest absolute Gasteiger partial charge is 0.284 e. The number of amides is 1. The Morgan fingerprint density at radius 1 is 1.43 bits per heavy atom. The first-order valence-corrected chi connectivity index (χ1v) is 7.06. The van der Waals surface area contributed by atoms with Crippen molar-refractivity contribution in [2.24, 2.45) is 16.1 Å². The fraction of sp³-hybridized carbons (Fsp3) is 0.600. The molecule has 0 spiro atoms. The summed E-state index contributed by atoms with van der Waals surface area (Å²) in [6.07, 6.45) is 0. The van der Waals surface area contributed by atoms with Crippen LogP contribution in [0.25, 0.3) is 0 Å². The van der Waals surface area contributed by atoms with Gasteiger partial charge in [-0.2, -0.15) is 0 Å². The van der Waals surface area contributed by atoms with Crippen molar-refractivity contribution in [3.05, 3.63) is 23.7 Å². The van der Waals surface area contributed by atoms with Crippen molar-refractivity contribution in [1.29, 1.82) is 0 Å². The first-order chi connectivity index (χ1) is 9.69. The Morgan fingerprint density at radius 3 is 2.52 bits per heavy atom. The Balaban J connectivity index is 2.00. The molecule has 6 nitrogen and oxygen atoms in total. The fourth-order valence-electron chi connectivity index (χ4n) is 2.47. The van der Waals surface area contributed by atoms with Crippen molar-refractivity contribution in [2.75, 3.05) is 13.6 Å². The minimum Gasteiger partial charge on any atom is -0.454 e. The van der Waals surface area contributed by atoms with Crippen LogP contribution in [-0.4, -0.2) is 35.9 Å². The molecule has 0 aliphatic carbocycles. The Bertz CT molecular complexity index is 572. The molecule has 0 bridgehead atoms. The first kappa shape index (κ1) is 15.4. The highest BCUT2D eigenvalue weighted by atomic mass is 16.3. The van der Waals surface area contributed by atoms with Gasteiger partial charge in [-0.25, -0.2) is 0 Å². The van der Waals surface area contributed by atoms with Crippen LogP contribution in [0.1, 0.15) is 44.0 Å². The van der Waals surface area contributed by atoms with Gasteiger partial charge in [0.2, 0.25) is 0 Å². The summed E-state index contributed by atoms with van der Waals surface area (Å²) in [5, 5.41) is 3.26. The van der Waals surface area contributed by atoms with E-state index in [-0.39, 0.29) is 16.7 Å². The first-order valence-electron chi connectivity index (χ1n) is 7.06. The summed E-state index contributed by atoms with van der Waals surface area (Å²) >= 11 is 0. The van der Waals surface area contributed by atoms with E-state index in [0.717, 1.165) is 12.5 Å². The van der Waals surface area contributed by atoms with E-state index < -0.39 is 5.91 Å². The summed E-state index contributed by atoms with van der Waals surface area (Å²) < 4.78 is 5.35. The number of carbonyl (C=O) groups is 1. The number of nitrogens with two attached hydrogens (primary N) is 1. The Hall–Kier alpha value is -1.98. The van der Waals surface area contributed by atoms with E-state index in [1.807, 2.05) is 0 Å². The van der Waals surface area contributed by atoms with E-state index in [9.17, 15) is 4.79 Å². The molecule has 1 aromatic heterocycles. The van der Waals surface area contributed by atoms with Gasteiger partial charge in [0.25, 0.3) is 5.91 Å². The van der Waals surface area contributed by atoms with Gasteiger partial charge in [-0.15, -0.1) is 0 Å². The van der Waals surface area contributed by atoms with Gasteiger partial charge < -0.3 is 20.4 Å². The van der Waals surface area contributed by atoms with Crippen LogP contribution < -0.4 is 11.1 Å². The highest BCUT2D eigenvalue weighted by molar-refractivity contribution is 5.89. The summed E-state index contributed by atoms with van der Waals surface area (Å²) in [5.74, 6) is 1.10. The molecule has 1 saturated heterocycles. The third kappa shape index (κ3) is 2.62. The minimum absolute atomic E-state index is 0.0381. The normalized spacial score (nSPS) is 20.0. The van der Waals surface area contributed by atoms with Gasteiger partial charge >= 0.3 is 0 Å². The maximum absolute atomic E-state index is 11.0. The van der Waals surface area contributed by atoms with Crippen LogP contribution >= 0.6 is 0 Å². The van der Waals surface area contributed by atoms with Gasteiger partial charge in [0.05, 0.1) is 6.54 Å². The number of carbonyl (C=O) groups excluding carboxylic acids is 1. The molecule has 1 aromatic rings. The number of hydrogen-bond donors (Lipinski definition) is 2. The van der Waals surface area contributed by atoms with E-state index in [1.54, 1.807) is 19.2 Å². The third-order valence-corrected chi connectivity index (χ3v) is 4.68. The lowest BCUT2D eigenvalue weighted by Gasteiger charge is -2.62. The summed E-state index contributed by atoms with van der Waals surface area (Å²) in [4.78, 5) is 17.6. The predicted molar refractivity (Wildman–Crippen MR) is 82.0 cm³/mol. The number of aliphatic imine (C=N–C) groups is 1. The fourth-order valence-corrected chi connectivity index (χ4v) is 2.47. The maximum Gasteiger partial charge on any atom is 0.284 e. The number of rotatable bonds is 3. The minimum atomic E-state index is -0.559. The second-order valence-electron chi connectivity index (χ2n) is 6.56. The molecule has 2 heterocycles. The zero-order valence-corrected chi connectivity index (χ0v) is 13.4. The van der Waals surface area contributed by atoms with E-state index in [0.29, 0.717) is 12.3 Å². The molecule has 6 heteroatoms. The number of hydrogen-bond acceptors (Lipinski definition) is 3. The van der Waals surface area contributed by atoms with Crippen molar-refractivity contribution < 1.29 is 9.21 Å². The summed E-state index contributed by atoms with van der Waals surface area (Å²) in [6, 6.07) is 3.32. The average molecular weight is 292 g/mol. The van der Waals surface area contributed by atoms with E-state index >= 15 is 0 Å². The molecule has 0 radical (unpaired) electrons. The second-order valence-corrected chi connectivity index (χ2v) is 6.56. The van der Waals surface area contributed by atoms with Crippen LogP contribution in [0.3, 0.4) is 0 Å². The molecule has 3 N–H and O–H groups in total. The van der Waals surface area contributed by atoms with E-state index in [4.69, 9.17) is 10.2 Å². The molecule has 0 aromatic carbocycles. The van der Waals surface area contributed by atoms with Gasteiger partial charge in [-0.1, -0.05) is 13.8 Å². The maximum atomic E-state index is 11.0. The quantitative estimate of drug-likeness (QED) is 0.654. The van der Waals surface area contributed by atoms with Crippen LogP contribution in [0.4, 0.5) is 0 Å². The van der Waals surface area contributed by atoms with E-state index in [1.165, 1.54) is 0 Å². The lowest BCUT2D eigenvalue weighted by Crippen LogP contribution is -2.72. The molecular formula is C15H24N4O2. The number of furan rings is 1. The monoisotopic (exact) mass is 292 g/mol. The topological polar surface area (TPSA) is 83.9 Å². The van der Waals surface area contributed by atoms with Gasteiger partial charge in [-0.05, 0) is 26.0 Å². The largest absolute Gasteiger partial charge is 0.454 e. The number of likely N-dealkylation sites (tertiary alicyclic amines) is 1. The molecule has 0 atom stereocenters. The van der Waals surface area contributed by atoms with Gasteiger partial charge in [0, 0.05) is 24.5 Å². The van der Waals surface area contributed by atoms with Gasteiger partial charge in [-0.3, -0.25) is 9.79 Å². The molecule has 2 rings (SSSR count). The molecule has 0 saturated carbocycles. The molecule has 1 amide bonds. The van der Waals surface area contributed by atoms with Gasteiger partial charge in [0.15, 0.2) is 11.7 Å². The van der Waals surface area contributed by atoms with Crippen molar-refractivity contribution in [3.63, 3.8) is 0 Å². The summed E-state index contributed by atoms with van der Waals surface area (Å²) in [7, 11) is 1.76. The molecule has 116 valence electrons. The molecule has 0 unspecified atom stereocenters. The molecule has 1 aliphatic rings. The second kappa shape index (κ2) is 5.09. The summed E-state index contributed by atoms with van der Waals surface area (Å²) in [6.45, 7) is 10.3. The highest BCUT2D eigenvalue weighted by Gasteiger charge is 2.53. The zero-order chi connectivity index (χ0) is 15.8. The Labute approximate surface area is 125 Å². The van der Waals surface area contributed by atoms with E-state index in [2.05, 4.69) is 42.9 Å². The van der Waals surface area contributed by atoms with Crippen LogP contribution in [0.2, 0.25) is 0 Å². The number of guanidine groups is 1. The average Bonchev–Trinajstić information content (AvgIpc) is 2.87. The molecular weight excluding hydrogens is 268 g/mol. The van der Waals surface area contributed by atoms with Crippen LogP contribution in [0.15, 0.2) is 21.5 Å². The third-order valence-electron chi connectivity index (χ3n) is 4.68. The highest BCUT2D eigenvalue weighted by Crippen LogP contribution is 2.46. The lowest BCUT2D eigenvalue weighted by molar-refractivity contribution is -0.0668. The lowest BCUT2D eigenvalue weighted by atomic mass is 9.65. The van der Waals surface area contributed by atoms with Crippen molar-refractivity contribution in [3.8, 4) is 0 Å². The van der Waals surface area contributed by atoms with Crippen LogP contribution in [0, 0.1) is 5.41 Å². The van der Waals surface area contributed by atoms with Crippen molar-refractivity contribution in [1.82, 2.24) is 10.2 Å². The van der Waals surface area contributed by atoms with Gasteiger partial charge in [0.1, 0.15) is 5.76 Å². The molecule has 1 aliphatic heterocycles. The van der Waals surface area contributed by atoms with Crippen molar-refractivity contribution >= 4 is 11.9 Å². The van der Waals surface area contributed by atoms with Crippen LogP contribution in [-0.2, 0) is 6.54 Å². The number of nitrogens with zero attached hydrogens (tertiary/aromatic N) is 2. The van der Waals surface area contributed by atoms with Crippen LogP contribution in [0.5, 0.6) is 0 Å².